The first-order valence-corrected chi connectivity index (χ1v) is 11.1. The van der Waals surface area contributed by atoms with Crippen molar-refractivity contribution in [2.45, 2.75) is 6.42 Å². The fourth-order valence-corrected chi connectivity index (χ4v) is 4.48. The highest BCUT2D eigenvalue weighted by atomic mass is 35.5. The minimum absolute atomic E-state index is 0.0190. The minimum Gasteiger partial charge on any atom is -0.426 e. The van der Waals surface area contributed by atoms with Crippen molar-refractivity contribution in [2.75, 3.05) is 16.3 Å². The van der Waals surface area contributed by atoms with Crippen molar-refractivity contribution in [1.29, 1.82) is 0 Å². The van der Waals surface area contributed by atoms with E-state index in [9.17, 15) is 19.2 Å². The van der Waals surface area contributed by atoms with Gasteiger partial charge in [0.25, 0.3) is 11.8 Å². The number of ether oxygens (including phenoxy) is 1. The monoisotopic (exact) mass is 494 g/mol. The molecule has 34 heavy (non-hydrogen) atoms. The van der Waals surface area contributed by atoms with Crippen molar-refractivity contribution in [2.24, 2.45) is 5.92 Å². The van der Waals surface area contributed by atoms with Crippen LogP contribution in [0.3, 0.4) is 0 Å². The molecule has 5 rings (SSSR count). The summed E-state index contributed by atoms with van der Waals surface area (Å²) in [6, 6.07) is 17.6. The summed E-state index contributed by atoms with van der Waals surface area (Å²) in [6.07, 6.45) is -0.0190. The van der Waals surface area contributed by atoms with Crippen molar-refractivity contribution in [3.8, 4) is 5.75 Å². The van der Waals surface area contributed by atoms with Gasteiger partial charge < -0.3 is 9.64 Å². The van der Waals surface area contributed by atoms with Gasteiger partial charge in [0.05, 0.1) is 38.5 Å². The fourth-order valence-electron chi connectivity index (χ4n) is 4.09. The van der Waals surface area contributed by atoms with E-state index in [-0.39, 0.29) is 29.6 Å². The summed E-state index contributed by atoms with van der Waals surface area (Å²) in [5, 5.41) is 0.562. The van der Waals surface area contributed by atoms with Crippen LogP contribution in [0, 0.1) is 5.92 Å². The number of carbonyl (C=O) groups excluding carboxylic acids is 4. The van der Waals surface area contributed by atoms with Gasteiger partial charge in [-0.3, -0.25) is 19.2 Å². The maximum Gasteiger partial charge on any atom is 0.316 e. The first-order valence-electron chi connectivity index (χ1n) is 10.4. The Morgan fingerprint density at radius 3 is 2.15 bits per heavy atom. The molecule has 2 aliphatic rings. The average Bonchev–Trinajstić information content (AvgIpc) is 3.34. The molecule has 0 unspecified atom stereocenters. The molecule has 0 N–H and O–H groups in total. The molecule has 3 amide bonds. The average molecular weight is 495 g/mol. The van der Waals surface area contributed by atoms with Gasteiger partial charge in [0, 0.05) is 13.0 Å². The molecule has 0 bridgehead atoms. The summed E-state index contributed by atoms with van der Waals surface area (Å²) in [5.41, 5.74) is 1.50. The van der Waals surface area contributed by atoms with E-state index in [0.29, 0.717) is 27.5 Å². The van der Waals surface area contributed by atoms with Crippen LogP contribution in [0.4, 0.5) is 11.4 Å². The van der Waals surface area contributed by atoms with E-state index < -0.39 is 23.7 Å². The van der Waals surface area contributed by atoms with E-state index in [0.717, 1.165) is 4.90 Å². The number of nitrogens with zero attached hydrogens (tertiary/aromatic N) is 2. The lowest BCUT2D eigenvalue weighted by Crippen LogP contribution is -2.29. The van der Waals surface area contributed by atoms with Gasteiger partial charge in [0.15, 0.2) is 0 Å². The van der Waals surface area contributed by atoms with Crippen molar-refractivity contribution < 1.29 is 23.9 Å². The van der Waals surface area contributed by atoms with E-state index in [1.54, 1.807) is 42.5 Å². The van der Waals surface area contributed by atoms with Gasteiger partial charge in [-0.05, 0) is 48.5 Å². The Hall–Kier alpha value is -3.68. The maximum atomic E-state index is 12.7. The molecule has 1 saturated heterocycles. The van der Waals surface area contributed by atoms with Crippen LogP contribution in [0.25, 0.3) is 0 Å². The summed E-state index contributed by atoms with van der Waals surface area (Å²) < 4.78 is 5.45. The summed E-state index contributed by atoms with van der Waals surface area (Å²) in [4.78, 5) is 53.0. The highest BCUT2D eigenvalue weighted by Crippen LogP contribution is 2.36. The number of hydrogen-bond donors (Lipinski definition) is 0. The molecular weight excluding hydrogens is 479 g/mol. The van der Waals surface area contributed by atoms with Gasteiger partial charge in [-0.25, -0.2) is 4.90 Å². The van der Waals surface area contributed by atoms with Gasteiger partial charge in [-0.1, -0.05) is 41.4 Å². The molecular formula is C25H16Cl2N2O5. The minimum atomic E-state index is -0.682. The highest BCUT2D eigenvalue weighted by molar-refractivity contribution is 6.44. The molecule has 1 fully saturated rings. The molecule has 7 nitrogen and oxygen atoms in total. The van der Waals surface area contributed by atoms with E-state index >= 15 is 0 Å². The van der Waals surface area contributed by atoms with E-state index in [1.165, 1.54) is 29.2 Å². The molecule has 9 heteroatoms. The molecule has 170 valence electrons. The largest absolute Gasteiger partial charge is 0.426 e. The topological polar surface area (TPSA) is 84.0 Å². The Morgan fingerprint density at radius 1 is 0.853 bits per heavy atom. The lowest BCUT2D eigenvalue weighted by atomic mass is 10.1. The number of benzene rings is 3. The summed E-state index contributed by atoms with van der Waals surface area (Å²) in [5.74, 6) is -2.09. The number of imide groups is 1. The Balaban J connectivity index is 1.27. The number of hydrogen-bond acceptors (Lipinski definition) is 5. The van der Waals surface area contributed by atoms with Crippen molar-refractivity contribution in [1.82, 2.24) is 0 Å². The maximum absolute atomic E-state index is 12.7. The van der Waals surface area contributed by atoms with Gasteiger partial charge in [0.1, 0.15) is 5.75 Å². The normalized spacial score (nSPS) is 17.4. The molecule has 1 atom stereocenters. The first kappa shape index (κ1) is 22.1. The number of anilines is 2. The van der Waals surface area contributed by atoms with E-state index in [2.05, 4.69) is 0 Å². The second kappa shape index (κ2) is 8.59. The molecule has 0 radical (unpaired) electrons. The van der Waals surface area contributed by atoms with Crippen LogP contribution in [-0.4, -0.2) is 30.2 Å². The zero-order valence-corrected chi connectivity index (χ0v) is 19.0. The van der Waals surface area contributed by atoms with Crippen LogP contribution in [0.15, 0.2) is 66.7 Å². The van der Waals surface area contributed by atoms with Crippen LogP contribution in [0.5, 0.6) is 5.75 Å². The molecule has 0 aromatic heterocycles. The van der Waals surface area contributed by atoms with Crippen molar-refractivity contribution in [3.63, 3.8) is 0 Å². The van der Waals surface area contributed by atoms with Gasteiger partial charge >= 0.3 is 5.97 Å². The molecule has 3 aromatic rings. The molecule has 2 heterocycles. The van der Waals surface area contributed by atoms with Gasteiger partial charge in [-0.2, -0.15) is 0 Å². The Kier molecular flexibility index (Phi) is 5.59. The Morgan fingerprint density at radius 2 is 1.50 bits per heavy atom. The van der Waals surface area contributed by atoms with Crippen LogP contribution in [0.1, 0.15) is 27.1 Å². The highest BCUT2D eigenvalue weighted by Gasteiger charge is 2.38. The number of rotatable bonds is 4. The number of esters is 1. The third-order valence-corrected chi connectivity index (χ3v) is 6.60. The van der Waals surface area contributed by atoms with Gasteiger partial charge in [0.2, 0.25) is 5.91 Å². The zero-order valence-electron chi connectivity index (χ0n) is 17.5. The van der Waals surface area contributed by atoms with Crippen molar-refractivity contribution in [3.05, 3.63) is 87.9 Å². The fraction of sp³-hybridized carbons (Fsp3) is 0.120. The second-order valence-corrected chi connectivity index (χ2v) is 8.67. The predicted molar refractivity (Wildman–Crippen MR) is 127 cm³/mol. The number of carbonyl (C=O) groups is 4. The summed E-state index contributed by atoms with van der Waals surface area (Å²) in [7, 11) is 0. The van der Waals surface area contributed by atoms with Gasteiger partial charge in [-0.15, -0.1) is 0 Å². The summed E-state index contributed by atoms with van der Waals surface area (Å²) >= 11 is 12.3. The van der Waals surface area contributed by atoms with Crippen LogP contribution in [0.2, 0.25) is 10.0 Å². The summed E-state index contributed by atoms with van der Waals surface area (Å²) in [6.45, 7) is 0.116. The van der Waals surface area contributed by atoms with Crippen LogP contribution >= 0.6 is 23.2 Å². The molecule has 3 aromatic carbocycles. The third kappa shape index (κ3) is 3.73. The Labute approximate surface area is 204 Å². The molecule has 0 aliphatic carbocycles. The molecule has 0 saturated carbocycles. The second-order valence-electron chi connectivity index (χ2n) is 7.88. The zero-order chi connectivity index (χ0) is 24.0. The van der Waals surface area contributed by atoms with Crippen LogP contribution in [-0.2, 0) is 9.59 Å². The smallest absolute Gasteiger partial charge is 0.316 e. The molecule has 2 aliphatic heterocycles. The standard InChI is InChI=1S/C25H16Cl2N2O5/c26-19-6-3-7-20(22(19)27)28-13-14(12-21(28)30)25(33)34-16-10-8-15(9-11-16)29-23(31)17-4-1-2-5-18(17)24(29)32/h1-11,14H,12-13H2/t14-/m0/s1. The number of halogens is 2. The quantitative estimate of drug-likeness (QED) is 0.296. The predicted octanol–water partition coefficient (Wildman–Crippen LogP) is 4.75. The van der Waals surface area contributed by atoms with Crippen molar-refractivity contribution >= 4 is 58.3 Å². The number of amides is 3. The third-order valence-electron chi connectivity index (χ3n) is 5.79. The lowest BCUT2D eigenvalue weighted by Gasteiger charge is -2.18. The SMILES string of the molecule is O=C(Oc1ccc(N2C(=O)c3ccccc3C2=O)cc1)[C@H]1CC(=O)N(c2cccc(Cl)c2Cl)C1. The lowest BCUT2D eigenvalue weighted by molar-refractivity contribution is -0.139. The van der Waals surface area contributed by atoms with Crippen LogP contribution < -0.4 is 14.5 Å². The van der Waals surface area contributed by atoms with E-state index in [1.807, 2.05) is 0 Å². The number of fused-ring (bicyclic) bond motifs is 1. The Bertz CT molecular complexity index is 1320. The van der Waals surface area contributed by atoms with E-state index in [4.69, 9.17) is 27.9 Å². The molecule has 0 spiro atoms. The first-order chi connectivity index (χ1) is 16.3.